The summed E-state index contributed by atoms with van der Waals surface area (Å²) in [6.45, 7) is 6.67. The van der Waals surface area contributed by atoms with Gasteiger partial charge in [0.25, 0.3) is 0 Å². The summed E-state index contributed by atoms with van der Waals surface area (Å²) >= 11 is 0. The molecule has 104 valence electrons. The molecule has 1 amide bonds. The summed E-state index contributed by atoms with van der Waals surface area (Å²) in [6.07, 6.45) is 0.270. The number of carbonyl (C=O) groups is 1. The van der Waals surface area contributed by atoms with Crippen LogP contribution in [0.5, 0.6) is 5.75 Å². The van der Waals surface area contributed by atoms with Crippen LogP contribution in [-0.2, 0) is 11.2 Å². The zero-order valence-corrected chi connectivity index (χ0v) is 11.9. The number of likely N-dealkylation sites (N-methyl/N-ethyl adjacent to an activating group) is 1. The number of carbonyl (C=O) groups excluding carboxylic acids is 1. The molecule has 0 saturated carbocycles. The predicted molar refractivity (Wildman–Crippen MR) is 75.1 cm³/mol. The van der Waals surface area contributed by atoms with Crippen molar-refractivity contribution in [2.75, 3.05) is 26.7 Å². The molecule has 2 rings (SSSR count). The number of rotatable bonds is 2. The number of hydrogen-bond acceptors (Lipinski definition) is 3. The van der Waals surface area contributed by atoms with E-state index in [4.69, 9.17) is 0 Å². The van der Waals surface area contributed by atoms with Crippen molar-refractivity contribution in [2.24, 2.45) is 0 Å². The molecule has 1 aromatic carbocycles. The van der Waals surface area contributed by atoms with Crippen LogP contribution in [0.25, 0.3) is 0 Å². The summed E-state index contributed by atoms with van der Waals surface area (Å²) < 4.78 is 0. The van der Waals surface area contributed by atoms with Gasteiger partial charge in [-0.3, -0.25) is 9.69 Å². The van der Waals surface area contributed by atoms with E-state index in [1.807, 2.05) is 11.0 Å². The first-order valence-electron chi connectivity index (χ1n) is 6.66. The zero-order valence-electron chi connectivity index (χ0n) is 11.9. The second-order valence-electron chi connectivity index (χ2n) is 5.85. The molecule has 0 spiro atoms. The van der Waals surface area contributed by atoms with Crippen LogP contribution in [0.15, 0.2) is 24.3 Å². The van der Waals surface area contributed by atoms with E-state index >= 15 is 0 Å². The van der Waals surface area contributed by atoms with E-state index in [-0.39, 0.29) is 23.6 Å². The first-order chi connectivity index (χ1) is 8.90. The van der Waals surface area contributed by atoms with E-state index in [0.717, 1.165) is 19.6 Å². The molecule has 1 saturated heterocycles. The van der Waals surface area contributed by atoms with E-state index in [1.165, 1.54) is 0 Å². The fourth-order valence-corrected chi connectivity index (χ4v) is 2.39. The number of phenols is 1. The quantitative estimate of drug-likeness (QED) is 0.878. The van der Waals surface area contributed by atoms with Gasteiger partial charge in [0.05, 0.1) is 6.42 Å². The van der Waals surface area contributed by atoms with Crippen molar-refractivity contribution in [3.63, 3.8) is 0 Å². The van der Waals surface area contributed by atoms with E-state index in [2.05, 4.69) is 25.8 Å². The van der Waals surface area contributed by atoms with Crippen molar-refractivity contribution in [1.82, 2.24) is 9.80 Å². The van der Waals surface area contributed by atoms with Gasteiger partial charge in [0, 0.05) is 30.7 Å². The fourth-order valence-electron chi connectivity index (χ4n) is 2.39. The highest BCUT2D eigenvalue weighted by molar-refractivity contribution is 5.79. The van der Waals surface area contributed by atoms with Gasteiger partial charge in [0.2, 0.25) is 5.91 Å². The lowest BCUT2D eigenvalue weighted by atomic mass is 9.99. The number of phenolic OH excluding ortho intramolecular Hbond substituents is 1. The van der Waals surface area contributed by atoms with E-state index in [9.17, 15) is 9.90 Å². The highest BCUT2D eigenvalue weighted by Gasteiger charge is 2.33. The topological polar surface area (TPSA) is 43.8 Å². The molecule has 1 aromatic rings. The Morgan fingerprint density at radius 3 is 2.63 bits per heavy atom. The molecular weight excluding hydrogens is 240 g/mol. The Labute approximate surface area is 114 Å². The SMILES string of the molecule is CN1CCN(C(=O)Cc2ccccc2O)CC1(C)C. The zero-order chi connectivity index (χ0) is 14.0. The monoisotopic (exact) mass is 262 g/mol. The first kappa shape index (κ1) is 13.9. The Kier molecular flexibility index (Phi) is 3.80. The highest BCUT2D eigenvalue weighted by Crippen LogP contribution is 2.21. The minimum Gasteiger partial charge on any atom is -0.508 e. The second kappa shape index (κ2) is 5.21. The molecule has 0 unspecified atom stereocenters. The van der Waals surface area contributed by atoms with Crippen LogP contribution >= 0.6 is 0 Å². The molecule has 0 aromatic heterocycles. The molecule has 1 aliphatic rings. The molecule has 0 aliphatic carbocycles. The van der Waals surface area contributed by atoms with E-state index < -0.39 is 0 Å². The summed E-state index contributed by atoms with van der Waals surface area (Å²) in [5.74, 6) is 0.284. The number of nitrogens with zero attached hydrogens (tertiary/aromatic N) is 2. The Morgan fingerprint density at radius 1 is 1.32 bits per heavy atom. The molecule has 1 aliphatic heterocycles. The number of benzene rings is 1. The summed E-state index contributed by atoms with van der Waals surface area (Å²) in [7, 11) is 2.09. The van der Waals surface area contributed by atoms with Crippen molar-refractivity contribution in [1.29, 1.82) is 0 Å². The number of hydrogen-bond donors (Lipinski definition) is 1. The summed E-state index contributed by atoms with van der Waals surface area (Å²) in [5.41, 5.74) is 0.705. The van der Waals surface area contributed by atoms with Gasteiger partial charge in [-0.25, -0.2) is 0 Å². The number of piperazine rings is 1. The van der Waals surface area contributed by atoms with Crippen LogP contribution in [-0.4, -0.2) is 53.0 Å². The Morgan fingerprint density at radius 2 is 2.00 bits per heavy atom. The van der Waals surface area contributed by atoms with Gasteiger partial charge in [-0.2, -0.15) is 0 Å². The fraction of sp³-hybridized carbons (Fsp3) is 0.533. The summed E-state index contributed by atoms with van der Waals surface area (Å²) in [4.78, 5) is 16.5. The number of para-hydroxylation sites is 1. The lowest BCUT2D eigenvalue weighted by molar-refractivity contribution is -0.135. The Bertz CT molecular complexity index is 471. The highest BCUT2D eigenvalue weighted by atomic mass is 16.3. The largest absolute Gasteiger partial charge is 0.508 e. The number of amides is 1. The third-order valence-electron chi connectivity index (χ3n) is 4.00. The Balaban J connectivity index is 2.03. The smallest absolute Gasteiger partial charge is 0.227 e. The van der Waals surface area contributed by atoms with Crippen LogP contribution in [0.4, 0.5) is 0 Å². The molecule has 0 atom stereocenters. The van der Waals surface area contributed by atoms with Gasteiger partial charge >= 0.3 is 0 Å². The van der Waals surface area contributed by atoms with E-state index in [1.54, 1.807) is 18.2 Å². The lowest BCUT2D eigenvalue weighted by Crippen LogP contribution is -2.59. The molecular formula is C15H22N2O2. The van der Waals surface area contributed by atoms with Gasteiger partial charge in [-0.1, -0.05) is 18.2 Å². The van der Waals surface area contributed by atoms with Crippen molar-refractivity contribution in [2.45, 2.75) is 25.8 Å². The predicted octanol–water partition coefficient (Wildman–Crippen LogP) is 1.49. The van der Waals surface area contributed by atoms with Gasteiger partial charge in [0.15, 0.2) is 0 Å². The molecule has 0 bridgehead atoms. The molecule has 4 nitrogen and oxygen atoms in total. The average Bonchev–Trinajstić information content (AvgIpc) is 2.35. The molecule has 1 heterocycles. The minimum absolute atomic E-state index is 0.00659. The maximum atomic E-state index is 12.3. The van der Waals surface area contributed by atoms with Gasteiger partial charge < -0.3 is 10.0 Å². The van der Waals surface area contributed by atoms with Crippen LogP contribution < -0.4 is 0 Å². The summed E-state index contributed by atoms with van der Waals surface area (Å²) in [6, 6.07) is 7.03. The summed E-state index contributed by atoms with van der Waals surface area (Å²) in [5, 5.41) is 9.72. The third-order valence-corrected chi connectivity index (χ3v) is 4.00. The van der Waals surface area contributed by atoms with Crippen LogP contribution in [0, 0.1) is 0 Å². The van der Waals surface area contributed by atoms with Gasteiger partial charge in [-0.05, 0) is 27.0 Å². The standard InChI is InChI=1S/C15H22N2O2/c1-15(2)11-17(9-8-16(15)3)14(19)10-12-6-4-5-7-13(12)18/h4-7,18H,8-11H2,1-3H3. The van der Waals surface area contributed by atoms with Crippen molar-refractivity contribution in [3.05, 3.63) is 29.8 Å². The van der Waals surface area contributed by atoms with E-state index in [0.29, 0.717) is 5.56 Å². The molecule has 1 fully saturated rings. The Hall–Kier alpha value is -1.55. The maximum absolute atomic E-state index is 12.3. The average molecular weight is 262 g/mol. The first-order valence-corrected chi connectivity index (χ1v) is 6.66. The molecule has 0 radical (unpaired) electrons. The molecule has 4 heteroatoms. The van der Waals surface area contributed by atoms with Gasteiger partial charge in [-0.15, -0.1) is 0 Å². The second-order valence-corrected chi connectivity index (χ2v) is 5.85. The third kappa shape index (κ3) is 3.07. The van der Waals surface area contributed by atoms with Crippen LogP contribution in [0.3, 0.4) is 0 Å². The number of aromatic hydroxyl groups is 1. The van der Waals surface area contributed by atoms with Crippen LogP contribution in [0.1, 0.15) is 19.4 Å². The van der Waals surface area contributed by atoms with Crippen molar-refractivity contribution in [3.8, 4) is 5.75 Å². The molecule has 1 N–H and O–H groups in total. The maximum Gasteiger partial charge on any atom is 0.227 e. The van der Waals surface area contributed by atoms with Crippen molar-refractivity contribution < 1.29 is 9.90 Å². The normalized spacial score (nSPS) is 19.4. The molecule has 19 heavy (non-hydrogen) atoms. The lowest BCUT2D eigenvalue weighted by Gasteiger charge is -2.45. The van der Waals surface area contributed by atoms with Gasteiger partial charge in [0.1, 0.15) is 5.75 Å². The van der Waals surface area contributed by atoms with Crippen LogP contribution in [0.2, 0.25) is 0 Å². The minimum atomic E-state index is 0.00659. The van der Waals surface area contributed by atoms with Crippen molar-refractivity contribution >= 4 is 5.91 Å².